The fraction of sp³-hybridized carbons (Fsp3) is 0.256. The number of hydrogen-bond acceptors (Lipinski definition) is 8. The van der Waals surface area contributed by atoms with Gasteiger partial charge < -0.3 is 10.1 Å². The molecule has 5 heterocycles. The van der Waals surface area contributed by atoms with E-state index in [0.717, 1.165) is 49.8 Å². The third kappa shape index (κ3) is 6.42. The molecular formula is C39H36N8O5. The Kier molecular flexibility index (Phi) is 8.90. The summed E-state index contributed by atoms with van der Waals surface area (Å²) in [5.41, 5.74) is 7.17. The molecule has 1 aliphatic rings. The van der Waals surface area contributed by atoms with Crippen LogP contribution in [0.15, 0.2) is 71.8 Å². The normalized spacial score (nSPS) is 14.4. The number of aromatic nitrogens is 6. The summed E-state index contributed by atoms with van der Waals surface area (Å²) < 4.78 is 10.6. The summed E-state index contributed by atoms with van der Waals surface area (Å²) in [6.45, 7) is 4.33. The highest BCUT2D eigenvalue weighted by Crippen LogP contribution is 2.35. The van der Waals surface area contributed by atoms with Crippen LogP contribution in [0.25, 0.3) is 44.2 Å². The van der Waals surface area contributed by atoms with E-state index in [1.807, 2.05) is 37.5 Å². The van der Waals surface area contributed by atoms with E-state index in [9.17, 15) is 19.2 Å². The van der Waals surface area contributed by atoms with E-state index in [0.29, 0.717) is 5.69 Å². The molecule has 0 saturated carbocycles. The number of fused-ring (bicyclic) bond motifs is 2. The Labute approximate surface area is 298 Å². The highest BCUT2D eigenvalue weighted by Gasteiger charge is 2.29. The van der Waals surface area contributed by atoms with Gasteiger partial charge in [0, 0.05) is 63.4 Å². The number of ether oxygens (including phenoxy) is 1. The van der Waals surface area contributed by atoms with Crippen molar-refractivity contribution in [1.29, 1.82) is 0 Å². The monoisotopic (exact) mass is 696 g/mol. The summed E-state index contributed by atoms with van der Waals surface area (Å²) in [4.78, 5) is 58.1. The van der Waals surface area contributed by atoms with E-state index in [1.54, 1.807) is 41.6 Å². The molecule has 1 saturated heterocycles. The van der Waals surface area contributed by atoms with Gasteiger partial charge in [-0.3, -0.25) is 43.5 Å². The van der Waals surface area contributed by atoms with Gasteiger partial charge in [-0.15, -0.1) is 5.10 Å². The van der Waals surface area contributed by atoms with Crippen LogP contribution in [0.2, 0.25) is 0 Å². The number of piperidine rings is 1. The Bertz CT molecular complexity index is 2530. The van der Waals surface area contributed by atoms with E-state index in [-0.39, 0.29) is 54.4 Å². The van der Waals surface area contributed by atoms with Gasteiger partial charge in [0.15, 0.2) is 6.10 Å². The molecule has 1 atom stereocenters. The molecule has 2 N–H and O–H groups in total. The first-order valence-electron chi connectivity index (χ1n) is 16.8. The van der Waals surface area contributed by atoms with E-state index in [2.05, 4.69) is 64.6 Å². The van der Waals surface area contributed by atoms with Gasteiger partial charge in [-0.1, -0.05) is 38.0 Å². The van der Waals surface area contributed by atoms with Gasteiger partial charge in [-0.05, 0) is 64.2 Å². The van der Waals surface area contributed by atoms with Crippen LogP contribution < -0.4 is 21.1 Å². The van der Waals surface area contributed by atoms with Crippen molar-refractivity contribution in [1.82, 2.24) is 39.5 Å². The number of rotatable bonds is 7. The minimum absolute atomic E-state index is 0.0548. The Morgan fingerprint density at radius 3 is 2.58 bits per heavy atom. The Hall–Kier alpha value is -6.55. The lowest BCUT2D eigenvalue weighted by Gasteiger charge is -2.20. The molecule has 0 spiro atoms. The average molecular weight is 697 g/mol. The van der Waals surface area contributed by atoms with Crippen molar-refractivity contribution < 1.29 is 19.1 Å². The molecule has 7 rings (SSSR count). The fourth-order valence-electron chi connectivity index (χ4n) is 6.44. The zero-order valence-electron chi connectivity index (χ0n) is 29.4. The number of amides is 3. The third-order valence-corrected chi connectivity index (χ3v) is 9.24. The van der Waals surface area contributed by atoms with Crippen molar-refractivity contribution in [3.05, 3.63) is 94.4 Å². The Morgan fingerprint density at radius 2 is 1.83 bits per heavy atom. The summed E-state index contributed by atoms with van der Waals surface area (Å²) in [5, 5.41) is 11.2. The molecular weight excluding hydrogens is 660 g/mol. The van der Waals surface area contributed by atoms with Crippen molar-refractivity contribution >= 4 is 39.5 Å². The summed E-state index contributed by atoms with van der Waals surface area (Å²) in [5.74, 6) is 5.07. The first kappa shape index (κ1) is 33.9. The minimum Gasteiger partial charge on any atom is -0.463 e. The predicted octanol–water partition coefficient (Wildman–Crippen LogP) is 3.98. The van der Waals surface area contributed by atoms with Gasteiger partial charge in [0.25, 0.3) is 11.8 Å². The van der Waals surface area contributed by atoms with Crippen LogP contribution in [-0.2, 0) is 30.7 Å². The number of nitrogens with zero attached hydrogens (tertiary/aromatic N) is 6. The second kappa shape index (κ2) is 13.6. The number of imidazole rings is 1. The van der Waals surface area contributed by atoms with Crippen molar-refractivity contribution in [3.8, 4) is 40.1 Å². The number of benzene rings is 2. The third-order valence-electron chi connectivity index (χ3n) is 9.24. The molecule has 4 aromatic heterocycles. The topological polar surface area (TPSA) is 155 Å². The summed E-state index contributed by atoms with van der Waals surface area (Å²) in [7, 11) is 5.31. The molecule has 2 aromatic carbocycles. The number of nitrogens with one attached hydrogen (secondary N) is 2. The lowest BCUT2D eigenvalue weighted by molar-refractivity contribution is -0.139. The van der Waals surface area contributed by atoms with E-state index < -0.39 is 12.0 Å². The van der Waals surface area contributed by atoms with Crippen LogP contribution in [0.1, 0.15) is 54.4 Å². The standard InChI is InChI=1S/C39H36N8O5/c1-22(2)28-16-25(18-32-36(28)46(4)39(51)45(32)3)27-10-6-8-23-17-31(42-21-29(23)27)24-11-12-30(41-20-24)37(49)40-15-7-9-26-19-35(44-47(26)5)52-33-13-14-34(48)43-38(33)50/h6,8,10-12,16-22,33H,13-15H2,1-5H3,(H,40,49)(H,43,48,50). The summed E-state index contributed by atoms with van der Waals surface area (Å²) in [6, 6.07) is 17.4. The Morgan fingerprint density at radius 1 is 1.00 bits per heavy atom. The second-order valence-electron chi connectivity index (χ2n) is 13.1. The maximum Gasteiger partial charge on any atom is 0.328 e. The number of aryl methyl sites for hydroxylation is 3. The maximum absolute atomic E-state index is 12.8. The summed E-state index contributed by atoms with van der Waals surface area (Å²) >= 11 is 0. The van der Waals surface area contributed by atoms with E-state index >= 15 is 0 Å². The first-order valence-corrected chi connectivity index (χ1v) is 16.8. The maximum atomic E-state index is 12.8. The van der Waals surface area contributed by atoms with Gasteiger partial charge in [-0.2, -0.15) is 0 Å². The van der Waals surface area contributed by atoms with Crippen LogP contribution in [0, 0.1) is 11.8 Å². The quantitative estimate of drug-likeness (QED) is 0.188. The van der Waals surface area contributed by atoms with Crippen molar-refractivity contribution in [2.75, 3.05) is 6.54 Å². The molecule has 0 bridgehead atoms. The van der Waals surface area contributed by atoms with Crippen LogP contribution >= 0.6 is 0 Å². The van der Waals surface area contributed by atoms with Crippen molar-refractivity contribution in [2.45, 2.75) is 38.7 Å². The second-order valence-corrected chi connectivity index (χ2v) is 13.1. The molecule has 262 valence electrons. The molecule has 1 fully saturated rings. The number of pyridine rings is 2. The van der Waals surface area contributed by atoms with Crippen LogP contribution in [0.5, 0.6) is 5.88 Å². The number of carbonyl (C=O) groups is 3. The van der Waals surface area contributed by atoms with Gasteiger partial charge in [0.2, 0.25) is 11.8 Å². The van der Waals surface area contributed by atoms with E-state index in [4.69, 9.17) is 9.72 Å². The number of hydrogen-bond donors (Lipinski definition) is 2. The summed E-state index contributed by atoms with van der Waals surface area (Å²) in [6.07, 6.45) is 3.16. The fourth-order valence-corrected chi connectivity index (χ4v) is 6.44. The molecule has 1 aliphatic heterocycles. The van der Waals surface area contributed by atoms with Crippen LogP contribution in [-0.4, -0.2) is 59.3 Å². The average Bonchev–Trinajstić information content (AvgIpc) is 3.60. The SMILES string of the molecule is CC(C)c1cc(-c2cccc3cc(-c4ccc(C(=O)NCC#Cc5cc(OC6CCC(=O)NC6=O)nn5C)nc4)ncc23)cc2c1n(C)c(=O)n2C. The van der Waals surface area contributed by atoms with Gasteiger partial charge in [-0.25, -0.2) is 4.79 Å². The molecule has 13 heteroatoms. The number of imide groups is 1. The zero-order chi connectivity index (χ0) is 36.7. The van der Waals surface area contributed by atoms with Gasteiger partial charge in [0.05, 0.1) is 23.3 Å². The molecule has 1 unspecified atom stereocenters. The van der Waals surface area contributed by atoms with Gasteiger partial charge >= 0.3 is 5.69 Å². The van der Waals surface area contributed by atoms with Crippen LogP contribution in [0.4, 0.5) is 0 Å². The highest BCUT2D eigenvalue weighted by atomic mass is 16.5. The van der Waals surface area contributed by atoms with Crippen molar-refractivity contribution in [2.24, 2.45) is 21.1 Å². The Balaban J connectivity index is 1.03. The molecule has 3 amide bonds. The lowest BCUT2D eigenvalue weighted by Crippen LogP contribution is -2.46. The minimum atomic E-state index is -0.796. The zero-order valence-corrected chi connectivity index (χ0v) is 29.4. The van der Waals surface area contributed by atoms with Crippen molar-refractivity contribution in [3.63, 3.8) is 0 Å². The van der Waals surface area contributed by atoms with E-state index in [1.165, 1.54) is 4.68 Å². The molecule has 6 aromatic rings. The smallest absolute Gasteiger partial charge is 0.328 e. The van der Waals surface area contributed by atoms with Gasteiger partial charge in [0.1, 0.15) is 11.4 Å². The highest BCUT2D eigenvalue weighted by molar-refractivity contribution is 6.01. The van der Waals surface area contributed by atoms with Crippen LogP contribution in [0.3, 0.4) is 0 Å². The molecule has 0 radical (unpaired) electrons. The number of carbonyl (C=O) groups excluding carboxylic acids is 3. The molecule has 0 aliphatic carbocycles. The predicted molar refractivity (Wildman–Crippen MR) is 195 cm³/mol. The molecule has 13 nitrogen and oxygen atoms in total. The first-order chi connectivity index (χ1) is 25.0. The largest absolute Gasteiger partial charge is 0.463 e. The molecule has 52 heavy (non-hydrogen) atoms. The lowest BCUT2D eigenvalue weighted by atomic mass is 9.93.